The highest BCUT2D eigenvalue weighted by Crippen LogP contribution is 2.20. The maximum atomic E-state index is 12.4. The van der Waals surface area contributed by atoms with Crippen molar-refractivity contribution in [1.82, 2.24) is 4.98 Å². The highest BCUT2D eigenvalue weighted by atomic mass is 16.5. The van der Waals surface area contributed by atoms with E-state index in [0.29, 0.717) is 27.9 Å². The van der Waals surface area contributed by atoms with Gasteiger partial charge >= 0.3 is 17.9 Å². The third-order valence-electron chi connectivity index (χ3n) is 3.84. The van der Waals surface area contributed by atoms with Crippen molar-refractivity contribution in [1.29, 1.82) is 0 Å². The van der Waals surface area contributed by atoms with E-state index in [1.54, 1.807) is 45.0 Å². The van der Waals surface area contributed by atoms with Crippen molar-refractivity contribution in [3.05, 3.63) is 57.9 Å². The third-order valence-corrected chi connectivity index (χ3v) is 3.84. The number of nitrogens with one attached hydrogen (secondary N) is 1. The first-order valence-corrected chi connectivity index (χ1v) is 8.09. The number of carbonyl (C=O) groups excluding carboxylic acids is 3. The Kier molecular flexibility index (Phi) is 6.16. The molecule has 0 aliphatic heterocycles. The molecule has 0 aliphatic rings. The molecule has 0 spiro atoms. The van der Waals surface area contributed by atoms with Crippen LogP contribution in [0.5, 0.6) is 0 Å². The molecule has 1 aromatic carbocycles. The smallest absolute Gasteiger partial charge is 0.355 e. The quantitative estimate of drug-likeness (QED) is 0.629. The van der Waals surface area contributed by atoms with E-state index < -0.39 is 17.9 Å². The highest BCUT2D eigenvalue weighted by Gasteiger charge is 2.23. The molecular formula is C19H21NO6. The van der Waals surface area contributed by atoms with Gasteiger partial charge in [0, 0.05) is 5.69 Å². The number of benzene rings is 1. The summed E-state index contributed by atoms with van der Waals surface area (Å²) in [5.74, 6) is -1.54. The van der Waals surface area contributed by atoms with E-state index in [1.807, 2.05) is 0 Å². The fourth-order valence-corrected chi connectivity index (χ4v) is 2.59. The number of hydrogen-bond acceptors (Lipinski definition) is 6. The molecule has 2 aromatic rings. The van der Waals surface area contributed by atoms with E-state index in [2.05, 4.69) is 9.72 Å². The van der Waals surface area contributed by atoms with E-state index in [-0.39, 0.29) is 18.9 Å². The summed E-state index contributed by atoms with van der Waals surface area (Å²) in [5.41, 5.74) is 2.58. The van der Waals surface area contributed by atoms with Gasteiger partial charge < -0.3 is 19.2 Å². The molecule has 0 unspecified atom stereocenters. The van der Waals surface area contributed by atoms with Crippen LogP contribution in [0.15, 0.2) is 24.3 Å². The van der Waals surface area contributed by atoms with Crippen LogP contribution in [-0.4, -0.2) is 36.6 Å². The van der Waals surface area contributed by atoms with E-state index in [0.717, 1.165) is 0 Å². The Balaban J connectivity index is 2.14. The van der Waals surface area contributed by atoms with Gasteiger partial charge in [0.2, 0.25) is 0 Å². The van der Waals surface area contributed by atoms with Gasteiger partial charge in [-0.3, -0.25) is 0 Å². The summed E-state index contributed by atoms with van der Waals surface area (Å²) in [6.45, 7) is 5.28. The Morgan fingerprint density at radius 2 is 1.77 bits per heavy atom. The van der Waals surface area contributed by atoms with Crippen LogP contribution in [0.25, 0.3) is 0 Å². The van der Waals surface area contributed by atoms with Crippen LogP contribution in [0.3, 0.4) is 0 Å². The topological polar surface area (TPSA) is 94.7 Å². The Morgan fingerprint density at radius 3 is 2.42 bits per heavy atom. The van der Waals surface area contributed by atoms with Gasteiger partial charge in [-0.15, -0.1) is 0 Å². The lowest BCUT2D eigenvalue weighted by Gasteiger charge is -2.07. The van der Waals surface area contributed by atoms with Crippen molar-refractivity contribution in [2.75, 3.05) is 13.7 Å². The summed E-state index contributed by atoms with van der Waals surface area (Å²) in [6, 6.07) is 6.63. The SMILES string of the molecule is CCOC(=O)c1[nH]c(C)c(C(=O)OCc2cccc(C(=O)OC)c2)c1C. The minimum absolute atomic E-state index is 0.0114. The second-order valence-electron chi connectivity index (χ2n) is 5.61. The maximum Gasteiger partial charge on any atom is 0.355 e. The molecule has 1 heterocycles. The van der Waals surface area contributed by atoms with Gasteiger partial charge in [-0.05, 0) is 44.0 Å². The number of methoxy groups -OCH3 is 1. The number of esters is 3. The fraction of sp³-hybridized carbons (Fsp3) is 0.316. The van der Waals surface area contributed by atoms with Crippen LogP contribution in [0.1, 0.15) is 54.9 Å². The predicted octanol–water partition coefficient (Wildman–Crippen LogP) is 2.95. The van der Waals surface area contributed by atoms with Gasteiger partial charge in [0.1, 0.15) is 12.3 Å². The average molecular weight is 359 g/mol. The molecule has 0 fully saturated rings. The van der Waals surface area contributed by atoms with Crippen molar-refractivity contribution < 1.29 is 28.6 Å². The Labute approximate surface area is 151 Å². The minimum atomic E-state index is -0.560. The lowest BCUT2D eigenvalue weighted by molar-refractivity contribution is 0.0471. The van der Waals surface area contributed by atoms with Gasteiger partial charge in [0.25, 0.3) is 0 Å². The molecule has 0 bridgehead atoms. The largest absolute Gasteiger partial charge is 0.465 e. The van der Waals surface area contributed by atoms with Gasteiger partial charge in [-0.1, -0.05) is 12.1 Å². The third kappa shape index (κ3) is 4.11. The number of aromatic amines is 1. The first-order chi connectivity index (χ1) is 12.4. The van der Waals surface area contributed by atoms with E-state index >= 15 is 0 Å². The minimum Gasteiger partial charge on any atom is -0.465 e. The van der Waals surface area contributed by atoms with E-state index in [4.69, 9.17) is 9.47 Å². The van der Waals surface area contributed by atoms with Gasteiger partial charge in [0.15, 0.2) is 0 Å². The van der Waals surface area contributed by atoms with Crippen LogP contribution in [0.2, 0.25) is 0 Å². The molecule has 7 heteroatoms. The van der Waals surface area contributed by atoms with Gasteiger partial charge in [-0.25, -0.2) is 14.4 Å². The number of ether oxygens (including phenoxy) is 3. The van der Waals surface area contributed by atoms with Crippen LogP contribution in [-0.2, 0) is 20.8 Å². The average Bonchev–Trinajstić information content (AvgIpc) is 2.94. The lowest BCUT2D eigenvalue weighted by atomic mass is 10.1. The van der Waals surface area contributed by atoms with Crippen molar-refractivity contribution in [3.8, 4) is 0 Å². The monoisotopic (exact) mass is 359 g/mol. The number of carbonyl (C=O) groups is 3. The predicted molar refractivity (Wildman–Crippen MR) is 93.1 cm³/mol. The molecule has 0 amide bonds. The summed E-state index contributed by atoms with van der Waals surface area (Å²) in [5, 5.41) is 0. The molecule has 26 heavy (non-hydrogen) atoms. The summed E-state index contributed by atoms with van der Waals surface area (Å²) < 4.78 is 15.0. The zero-order valence-electron chi connectivity index (χ0n) is 15.2. The van der Waals surface area contributed by atoms with Crippen LogP contribution >= 0.6 is 0 Å². The maximum absolute atomic E-state index is 12.4. The van der Waals surface area contributed by atoms with Gasteiger partial charge in [-0.2, -0.15) is 0 Å². The molecular weight excluding hydrogens is 338 g/mol. The molecule has 0 radical (unpaired) electrons. The van der Waals surface area contributed by atoms with Crippen LogP contribution in [0.4, 0.5) is 0 Å². The molecule has 1 aromatic heterocycles. The second kappa shape index (κ2) is 8.33. The fourth-order valence-electron chi connectivity index (χ4n) is 2.59. The molecule has 0 saturated heterocycles. The first-order valence-electron chi connectivity index (χ1n) is 8.09. The summed E-state index contributed by atoms with van der Waals surface area (Å²) in [7, 11) is 1.30. The summed E-state index contributed by atoms with van der Waals surface area (Å²) in [4.78, 5) is 38.8. The van der Waals surface area contributed by atoms with E-state index in [9.17, 15) is 14.4 Å². The van der Waals surface area contributed by atoms with Crippen molar-refractivity contribution >= 4 is 17.9 Å². The number of aryl methyl sites for hydroxylation is 1. The van der Waals surface area contributed by atoms with Crippen LogP contribution < -0.4 is 0 Å². The first kappa shape index (κ1) is 19.2. The van der Waals surface area contributed by atoms with E-state index in [1.165, 1.54) is 7.11 Å². The van der Waals surface area contributed by atoms with Crippen molar-refractivity contribution in [2.24, 2.45) is 0 Å². The summed E-state index contributed by atoms with van der Waals surface area (Å²) >= 11 is 0. The summed E-state index contributed by atoms with van der Waals surface area (Å²) in [6.07, 6.45) is 0. The second-order valence-corrected chi connectivity index (χ2v) is 5.61. The van der Waals surface area contributed by atoms with Crippen LogP contribution in [0, 0.1) is 13.8 Å². The molecule has 138 valence electrons. The molecule has 7 nitrogen and oxygen atoms in total. The Hall–Kier alpha value is -3.09. The number of aromatic nitrogens is 1. The zero-order chi connectivity index (χ0) is 19.3. The Bertz CT molecular complexity index is 837. The Morgan fingerprint density at radius 1 is 1.04 bits per heavy atom. The molecule has 2 rings (SSSR count). The lowest BCUT2D eigenvalue weighted by Crippen LogP contribution is -2.09. The number of rotatable bonds is 6. The number of hydrogen-bond donors (Lipinski definition) is 1. The zero-order valence-corrected chi connectivity index (χ0v) is 15.2. The number of H-pyrrole nitrogens is 1. The van der Waals surface area contributed by atoms with Crippen molar-refractivity contribution in [3.63, 3.8) is 0 Å². The normalized spacial score (nSPS) is 10.3. The van der Waals surface area contributed by atoms with Crippen molar-refractivity contribution in [2.45, 2.75) is 27.4 Å². The molecule has 0 aliphatic carbocycles. The molecule has 0 saturated carbocycles. The van der Waals surface area contributed by atoms with Gasteiger partial charge in [0.05, 0.1) is 24.8 Å². The molecule has 1 N–H and O–H groups in total. The molecule has 0 atom stereocenters. The highest BCUT2D eigenvalue weighted by molar-refractivity contribution is 5.98. The standard InChI is InChI=1S/C19H21NO6/c1-5-25-19(23)16-11(2)15(12(3)20-16)18(22)26-10-13-7-6-8-14(9-13)17(21)24-4/h6-9,20H,5,10H2,1-4H3.